The van der Waals surface area contributed by atoms with E-state index in [-0.39, 0.29) is 18.4 Å². The molecule has 0 unspecified atom stereocenters. The first-order chi connectivity index (χ1) is 15.9. The molecule has 4 aromatic rings. The Morgan fingerprint density at radius 2 is 1.85 bits per heavy atom. The zero-order valence-electron chi connectivity index (χ0n) is 19.1. The van der Waals surface area contributed by atoms with Gasteiger partial charge in [0.2, 0.25) is 10.1 Å². The topological polar surface area (TPSA) is 99.9 Å². The summed E-state index contributed by atoms with van der Waals surface area (Å²) in [4.78, 5) is 13.1. The summed E-state index contributed by atoms with van der Waals surface area (Å²) in [6, 6.07) is 11.5. The van der Waals surface area contributed by atoms with Crippen molar-refractivity contribution in [1.29, 1.82) is 0 Å². The first kappa shape index (κ1) is 22.5. The highest BCUT2D eigenvalue weighted by molar-refractivity contribution is 7.20. The van der Waals surface area contributed by atoms with Gasteiger partial charge in [-0.05, 0) is 48.2 Å². The number of hydrogen-bond acceptors (Lipinski definition) is 8. The van der Waals surface area contributed by atoms with Crippen LogP contribution in [-0.2, 0) is 4.79 Å². The van der Waals surface area contributed by atoms with Gasteiger partial charge in [0.05, 0.1) is 14.2 Å². The molecule has 0 spiro atoms. The van der Waals surface area contributed by atoms with Crippen LogP contribution in [0.25, 0.3) is 16.3 Å². The number of methoxy groups -OCH3 is 2. The van der Waals surface area contributed by atoms with E-state index in [1.54, 1.807) is 30.9 Å². The minimum atomic E-state index is -0.302. The van der Waals surface area contributed by atoms with Crippen molar-refractivity contribution in [1.82, 2.24) is 19.8 Å². The molecule has 33 heavy (non-hydrogen) atoms. The van der Waals surface area contributed by atoms with E-state index in [9.17, 15) is 4.79 Å². The van der Waals surface area contributed by atoms with Crippen molar-refractivity contribution in [3.05, 3.63) is 47.5 Å². The first-order valence-electron chi connectivity index (χ1n) is 10.4. The lowest BCUT2D eigenvalue weighted by Gasteiger charge is -2.14. The Morgan fingerprint density at radius 1 is 1.06 bits per heavy atom. The van der Waals surface area contributed by atoms with Gasteiger partial charge in [0, 0.05) is 5.56 Å². The van der Waals surface area contributed by atoms with Crippen LogP contribution in [0.1, 0.15) is 30.9 Å². The lowest BCUT2D eigenvalue weighted by molar-refractivity contribution is -0.118. The number of carbonyl (C=O) groups excluding carboxylic acids is 1. The van der Waals surface area contributed by atoms with Gasteiger partial charge in [0.1, 0.15) is 5.75 Å². The van der Waals surface area contributed by atoms with Crippen LogP contribution >= 0.6 is 11.3 Å². The Morgan fingerprint density at radius 3 is 2.58 bits per heavy atom. The van der Waals surface area contributed by atoms with Gasteiger partial charge in [0.25, 0.3) is 5.91 Å². The van der Waals surface area contributed by atoms with Gasteiger partial charge in [-0.15, -0.1) is 15.3 Å². The highest BCUT2D eigenvalue weighted by Crippen LogP contribution is 2.32. The summed E-state index contributed by atoms with van der Waals surface area (Å²) in [5.74, 6) is 2.42. The number of nitrogens with one attached hydrogen (secondary N) is 1. The lowest BCUT2D eigenvalue weighted by atomic mass is 10.0. The Labute approximate surface area is 195 Å². The fourth-order valence-electron chi connectivity index (χ4n) is 3.36. The maximum atomic E-state index is 12.5. The number of amides is 1. The minimum Gasteiger partial charge on any atom is -0.493 e. The van der Waals surface area contributed by atoms with Gasteiger partial charge in [0.15, 0.2) is 23.9 Å². The molecule has 0 bridgehead atoms. The van der Waals surface area contributed by atoms with Gasteiger partial charge < -0.3 is 14.2 Å². The summed E-state index contributed by atoms with van der Waals surface area (Å²) in [7, 11) is 3.15. The molecule has 172 valence electrons. The van der Waals surface area contributed by atoms with E-state index in [2.05, 4.69) is 34.5 Å². The van der Waals surface area contributed by atoms with Crippen molar-refractivity contribution in [2.45, 2.75) is 26.7 Å². The van der Waals surface area contributed by atoms with Gasteiger partial charge in [-0.1, -0.05) is 37.3 Å². The van der Waals surface area contributed by atoms with Crippen LogP contribution < -0.4 is 19.5 Å². The van der Waals surface area contributed by atoms with Crippen molar-refractivity contribution in [2.24, 2.45) is 0 Å². The Balaban J connectivity index is 1.49. The van der Waals surface area contributed by atoms with Crippen molar-refractivity contribution in [3.63, 3.8) is 0 Å². The molecule has 0 aliphatic rings. The van der Waals surface area contributed by atoms with Gasteiger partial charge in [-0.2, -0.15) is 4.52 Å². The highest BCUT2D eigenvalue weighted by Gasteiger charge is 2.17. The number of fused-ring (bicyclic) bond motifs is 1. The SMILES string of the molecule is COc1ccc(-c2nnc3sc(NC(=O)COc4cc(C)ccc4C(C)C)nn23)cc1OC. The number of aromatic nitrogens is 4. The molecule has 0 saturated heterocycles. The molecule has 0 atom stereocenters. The smallest absolute Gasteiger partial charge is 0.264 e. The molecule has 2 aromatic heterocycles. The summed E-state index contributed by atoms with van der Waals surface area (Å²) in [5, 5.41) is 16.0. The quantitative estimate of drug-likeness (QED) is 0.412. The number of hydrogen-bond donors (Lipinski definition) is 1. The second kappa shape index (κ2) is 9.45. The summed E-state index contributed by atoms with van der Waals surface area (Å²) in [6.07, 6.45) is 0. The largest absolute Gasteiger partial charge is 0.493 e. The van der Waals surface area contributed by atoms with E-state index in [0.717, 1.165) is 16.7 Å². The number of ether oxygens (including phenoxy) is 3. The molecule has 2 heterocycles. The van der Waals surface area contributed by atoms with Gasteiger partial charge in [-0.3, -0.25) is 10.1 Å². The minimum absolute atomic E-state index is 0.119. The summed E-state index contributed by atoms with van der Waals surface area (Å²) in [5.41, 5.74) is 2.89. The standard InChI is InChI=1S/C23H25N5O4S/c1-13(2)16-8-6-14(3)10-18(16)32-12-20(29)24-22-27-28-21(25-26-23(28)33-22)15-7-9-17(30-4)19(11-15)31-5/h6-11,13H,12H2,1-5H3,(H,24,27,29). The lowest BCUT2D eigenvalue weighted by Crippen LogP contribution is -2.20. The molecule has 0 fully saturated rings. The average Bonchev–Trinajstić information content (AvgIpc) is 3.37. The third kappa shape index (κ3) is 4.75. The number of carbonyl (C=O) groups is 1. The van der Waals surface area contributed by atoms with Crippen LogP contribution in [0.4, 0.5) is 5.13 Å². The molecular formula is C23H25N5O4S. The van der Waals surface area contributed by atoms with Crippen molar-refractivity contribution in [2.75, 3.05) is 26.1 Å². The van der Waals surface area contributed by atoms with Gasteiger partial charge in [-0.25, -0.2) is 0 Å². The molecule has 0 saturated carbocycles. The second-order valence-electron chi connectivity index (χ2n) is 7.73. The maximum Gasteiger partial charge on any atom is 0.264 e. The third-order valence-corrected chi connectivity index (χ3v) is 5.84. The average molecular weight is 468 g/mol. The van der Waals surface area contributed by atoms with Crippen LogP contribution in [0.3, 0.4) is 0 Å². The van der Waals surface area contributed by atoms with Crippen LogP contribution in [0.15, 0.2) is 36.4 Å². The Kier molecular flexibility index (Phi) is 6.45. The molecule has 9 nitrogen and oxygen atoms in total. The molecule has 4 rings (SSSR count). The molecule has 0 aliphatic carbocycles. The second-order valence-corrected chi connectivity index (χ2v) is 8.68. The number of rotatable bonds is 8. The Bertz CT molecular complexity index is 1300. The fraction of sp³-hybridized carbons (Fsp3) is 0.304. The van der Waals surface area contributed by atoms with Crippen molar-refractivity contribution in [3.8, 4) is 28.6 Å². The predicted octanol–water partition coefficient (Wildman–Crippen LogP) is 4.32. The maximum absolute atomic E-state index is 12.5. The summed E-state index contributed by atoms with van der Waals surface area (Å²) < 4.78 is 18.0. The molecule has 2 aromatic carbocycles. The zero-order valence-corrected chi connectivity index (χ0v) is 19.9. The van der Waals surface area contributed by atoms with Crippen LogP contribution in [-0.4, -0.2) is 46.5 Å². The Hall–Kier alpha value is -3.66. The van der Waals surface area contributed by atoms with Gasteiger partial charge >= 0.3 is 0 Å². The molecule has 1 amide bonds. The molecule has 0 radical (unpaired) electrons. The highest BCUT2D eigenvalue weighted by atomic mass is 32.1. The number of aryl methyl sites for hydroxylation is 1. The normalized spacial score (nSPS) is 11.1. The summed E-state index contributed by atoms with van der Waals surface area (Å²) >= 11 is 1.23. The van der Waals surface area contributed by atoms with E-state index in [1.807, 2.05) is 31.2 Å². The number of nitrogens with zero attached hydrogens (tertiary/aromatic N) is 4. The van der Waals surface area contributed by atoms with Crippen LogP contribution in [0.5, 0.6) is 17.2 Å². The third-order valence-electron chi connectivity index (χ3n) is 5.03. The van der Waals surface area contributed by atoms with Crippen LogP contribution in [0.2, 0.25) is 0 Å². The predicted molar refractivity (Wildman–Crippen MR) is 127 cm³/mol. The fourth-order valence-corrected chi connectivity index (χ4v) is 4.12. The summed E-state index contributed by atoms with van der Waals surface area (Å²) in [6.45, 7) is 6.05. The van der Waals surface area contributed by atoms with Crippen molar-refractivity contribution >= 4 is 27.3 Å². The molecule has 1 N–H and O–H groups in total. The van der Waals surface area contributed by atoms with E-state index in [1.165, 1.54) is 11.3 Å². The number of anilines is 1. The van der Waals surface area contributed by atoms with Crippen LogP contribution in [0, 0.1) is 6.92 Å². The molecule has 10 heteroatoms. The van der Waals surface area contributed by atoms with E-state index >= 15 is 0 Å². The van der Waals surface area contributed by atoms with E-state index < -0.39 is 0 Å². The first-order valence-corrected chi connectivity index (χ1v) is 11.2. The molecule has 0 aliphatic heterocycles. The zero-order chi connectivity index (χ0) is 23.5. The van der Waals surface area contributed by atoms with Crippen molar-refractivity contribution < 1.29 is 19.0 Å². The number of benzene rings is 2. The van der Waals surface area contributed by atoms with E-state index in [0.29, 0.717) is 33.2 Å². The monoisotopic (exact) mass is 467 g/mol. The van der Waals surface area contributed by atoms with E-state index in [4.69, 9.17) is 14.2 Å². The molecular weight excluding hydrogens is 442 g/mol.